The summed E-state index contributed by atoms with van der Waals surface area (Å²) in [4.78, 5) is 25.4. The van der Waals surface area contributed by atoms with Crippen LogP contribution in [0.25, 0.3) is 10.2 Å². The number of sulfonamides is 1. The van der Waals surface area contributed by atoms with Crippen LogP contribution in [0.4, 0.5) is 5.69 Å². The summed E-state index contributed by atoms with van der Waals surface area (Å²) in [6.45, 7) is 4.85. The second kappa shape index (κ2) is 9.28. The quantitative estimate of drug-likeness (QED) is 0.563. The Labute approximate surface area is 196 Å². The van der Waals surface area contributed by atoms with E-state index in [4.69, 9.17) is 4.74 Å². The number of nitrogens with zero attached hydrogens (tertiary/aromatic N) is 2. The molecule has 0 bridgehead atoms. The van der Waals surface area contributed by atoms with E-state index in [9.17, 15) is 18.0 Å². The van der Waals surface area contributed by atoms with Crippen LogP contribution in [0.3, 0.4) is 0 Å². The van der Waals surface area contributed by atoms with E-state index in [2.05, 4.69) is 5.32 Å². The molecule has 0 unspecified atom stereocenters. The number of aromatic nitrogens is 1. The Hall–Kier alpha value is -2.69. The van der Waals surface area contributed by atoms with Crippen LogP contribution in [-0.2, 0) is 10.0 Å². The van der Waals surface area contributed by atoms with Gasteiger partial charge >= 0.3 is 4.87 Å². The molecule has 0 aliphatic carbocycles. The largest absolute Gasteiger partial charge is 0.496 e. The standard InChI is InChI=1S/C23H27N3O5S2/c1-15(2)26-19-9-7-16(13-21(19)32-23(26)28)24-22(27)18-14-17(8-10-20(18)31-3)33(29,30)25-11-5-4-6-12-25/h7-10,13-15H,4-6,11-12H2,1-3H3,(H,24,27). The summed E-state index contributed by atoms with van der Waals surface area (Å²) in [5, 5.41) is 2.81. The van der Waals surface area contributed by atoms with Crippen molar-refractivity contribution < 1.29 is 17.9 Å². The molecule has 2 aromatic carbocycles. The highest BCUT2D eigenvalue weighted by molar-refractivity contribution is 7.89. The van der Waals surface area contributed by atoms with Gasteiger partial charge in [-0.25, -0.2) is 8.42 Å². The van der Waals surface area contributed by atoms with Crippen molar-refractivity contribution >= 4 is 43.2 Å². The first kappa shape index (κ1) is 23.5. The summed E-state index contributed by atoms with van der Waals surface area (Å²) in [5.74, 6) is -0.209. The summed E-state index contributed by atoms with van der Waals surface area (Å²) in [6.07, 6.45) is 2.67. The minimum absolute atomic E-state index is 0.0283. The van der Waals surface area contributed by atoms with E-state index in [1.807, 2.05) is 13.8 Å². The molecule has 8 nitrogen and oxygen atoms in total. The third-order valence-corrected chi connectivity index (χ3v) is 8.57. The van der Waals surface area contributed by atoms with Crippen LogP contribution < -0.4 is 14.9 Å². The smallest absolute Gasteiger partial charge is 0.308 e. The average molecular weight is 490 g/mol. The van der Waals surface area contributed by atoms with Crippen LogP contribution in [0.2, 0.25) is 0 Å². The van der Waals surface area contributed by atoms with Gasteiger partial charge in [0.2, 0.25) is 10.0 Å². The number of carbonyl (C=O) groups excluding carboxylic acids is 1. The molecule has 0 saturated carbocycles. The molecule has 2 heterocycles. The molecule has 1 fully saturated rings. The third-order valence-electron chi connectivity index (χ3n) is 5.76. The zero-order valence-electron chi connectivity index (χ0n) is 18.8. The number of carbonyl (C=O) groups is 1. The molecule has 1 aliphatic heterocycles. The Morgan fingerprint density at radius 3 is 2.48 bits per heavy atom. The molecule has 1 aliphatic rings. The van der Waals surface area contributed by atoms with Gasteiger partial charge in [-0.05, 0) is 63.1 Å². The molecule has 10 heteroatoms. The fourth-order valence-corrected chi connectivity index (χ4v) is 6.68. The van der Waals surface area contributed by atoms with Crippen molar-refractivity contribution in [2.45, 2.75) is 44.0 Å². The lowest BCUT2D eigenvalue weighted by molar-refractivity contribution is 0.102. The van der Waals surface area contributed by atoms with Gasteiger partial charge in [0.25, 0.3) is 5.91 Å². The molecule has 1 N–H and O–H groups in total. The minimum Gasteiger partial charge on any atom is -0.496 e. The molecule has 1 amide bonds. The van der Waals surface area contributed by atoms with E-state index in [1.54, 1.807) is 22.8 Å². The van der Waals surface area contributed by atoms with Crippen molar-refractivity contribution in [1.82, 2.24) is 8.87 Å². The molecular formula is C23H27N3O5S2. The van der Waals surface area contributed by atoms with E-state index in [0.717, 1.165) is 40.8 Å². The number of rotatable bonds is 6. The molecule has 0 atom stereocenters. The van der Waals surface area contributed by atoms with Crippen LogP contribution in [-0.4, -0.2) is 43.4 Å². The van der Waals surface area contributed by atoms with Crippen LogP contribution >= 0.6 is 11.3 Å². The Kier molecular flexibility index (Phi) is 6.60. The van der Waals surface area contributed by atoms with Crippen LogP contribution in [0.15, 0.2) is 46.1 Å². The highest BCUT2D eigenvalue weighted by atomic mass is 32.2. The predicted molar refractivity (Wildman–Crippen MR) is 130 cm³/mol. The normalized spacial score (nSPS) is 15.2. The Bertz CT molecular complexity index is 1350. The number of anilines is 1. The first-order valence-electron chi connectivity index (χ1n) is 10.9. The summed E-state index contributed by atoms with van der Waals surface area (Å²) in [5.41, 5.74) is 1.45. The average Bonchev–Trinajstić information content (AvgIpc) is 3.14. The maximum absolute atomic E-state index is 13.1. The van der Waals surface area contributed by atoms with Gasteiger partial charge in [0.1, 0.15) is 5.75 Å². The van der Waals surface area contributed by atoms with Crippen LogP contribution in [0, 0.1) is 0 Å². The highest BCUT2D eigenvalue weighted by Crippen LogP contribution is 2.28. The Morgan fingerprint density at radius 2 is 1.82 bits per heavy atom. The van der Waals surface area contributed by atoms with Gasteiger partial charge in [-0.3, -0.25) is 14.2 Å². The van der Waals surface area contributed by atoms with Crippen molar-refractivity contribution in [3.05, 3.63) is 51.6 Å². The van der Waals surface area contributed by atoms with Gasteiger partial charge in [-0.15, -0.1) is 0 Å². The molecule has 1 saturated heterocycles. The zero-order chi connectivity index (χ0) is 23.8. The second-order valence-electron chi connectivity index (χ2n) is 8.30. The van der Waals surface area contributed by atoms with Gasteiger partial charge < -0.3 is 10.1 Å². The predicted octanol–water partition coefficient (Wildman–Crippen LogP) is 4.08. The number of benzene rings is 2. The Balaban J connectivity index is 1.65. The van der Waals surface area contributed by atoms with Crippen LogP contribution in [0.1, 0.15) is 49.5 Å². The summed E-state index contributed by atoms with van der Waals surface area (Å²) < 4.78 is 35.4. The van der Waals surface area contributed by atoms with E-state index in [-0.39, 0.29) is 27.1 Å². The van der Waals surface area contributed by atoms with Gasteiger partial charge in [-0.2, -0.15) is 4.31 Å². The fourth-order valence-electron chi connectivity index (χ4n) is 4.08. The van der Waals surface area contributed by atoms with E-state index in [0.29, 0.717) is 18.8 Å². The maximum Gasteiger partial charge on any atom is 0.308 e. The zero-order valence-corrected chi connectivity index (χ0v) is 20.5. The third kappa shape index (κ3) is 4.55. The molecule has 33 heavy (non-hydrogen) atoms. The fraction of sp³-hybridized carbons (Fsp3) is 0.391. The van der Waals surface area contributed by atoms with E-state index in [1.165, 1.54) is 29.6 Å². The topological polar surface area (TPSA) is 97.7 Å². The number of piperidine rings is 1. The molecule has 1 aromatic heterocycles. The lowest BCUT2D eigenvalue weighted by atomic mass is 10.1. The summed E-state index contributed by atoms with van der Waals surface area (Å²) >= 11 is 1.12. The van der Waals surface area contributed by atoms with Gasteiger partial charge in [0.05, 0.1) is 27.8 Å². The number of amides is 1. The van der Waals surface area contributed by atoms with Crippen molar-refractivity contribution in [3.8, 4) is 5.75 Å². The minimum atomic E-state index is -3.69. The second-order valence-corrected chi connectivity index (χ2v) is 11.2. The van der Waals surface area contributed by atoms with Gasteiger partial charge in [0.15, 0.2) is 0 Å². The van der Waals surface area contributed by atoms with Gasteiger partial charge in [0, 0.05) is 24.8 Å². The number of hydrogen-bond acceptors (Lipinski definition) is 6. The molecule has 0 spiro atoms. The first-order chi connectivity index (χ1) is 15.7. The maximum atomic E-state index is 13.1. The van der Waals surface area contributed by atoms with E-state index < -0.39 is 15.9 Å². The Morgan fingerprint density at radius 1 is 1.09 bits per heavy atom. The number of ether oxygens (including phenoxy) is 1. The molecule has 176 valence electrons. The number of methoxy groups -OCH3 is 1. The van der Waals surface area contributed by atoms with Gasteiger partial charge in [-0.1, -0.05) is 17.8 Å². The number of hydrogen-bond donors (Lipinski definition) is 1. The molecule has 4 rings (SSSR count). The van der Waals surface area contributed by atoms with Crippen molar-refractivity contribution in [3.63, 3.8) is 0 Å². The molecule has 3 aromatic rings. The van der Waals surface area contributed by atoms with Crippen molar-refractivity contribution in [2.24, 2.45) is 0 Å². The molecular weight excluding hydrogens is 462 g/mol. The molecule has 0 radical (unpaired) electrons. The monoisotopic (exact) mass is 489 g/mol. The number of thiazole rings is 1. The lowest BCUT2D eigenvalue weighted by Gasteiger charge is -2.26. The number of fused-ring (bicyclic) bond motifs is 1. The summed E-state index contributed by atoms with van der Waals surface area (Å²) in [7, 11) is -2.26. The number of nitrogens with one attached hydrogen (secondary N) is 1. The van der Waals surface area contributed by atoms with Crippen LogP contribution in [0.5, 0.6) is 5.75 Å². The van der Waals surface area contributed by atoms with Crippen molar-refractivity contribution in [2.75, 3.05) is 25.5 Å². The summed E-state index contributed by atoms with van der Waals surface area (Å²) in [6, 6.07) is 9.65. The first-order valence-corrected chi connectivity index (χ1v) is 13.1. The van der Waals surface area contributed by atoms with E-state index >= 15 is 0 Å². The highest BCUT2D eigenvalue weighted by Gasteiger charge is 2.27. The van der Waals surface area contributed by atoms with Crippen molar-refractivity contribution in [1.29, 1.82) is 0 Å². The lowest BCUT2D eigenvalue weighted by Crippen LogP contribution is -2.35. The SMILES string of the molecule is COc1ccc(S(=O)(=O)N2CCCCC2)cc1C(=O)Nc1ccc2c(c1)sc(=O)n2C(C)C.